The molecule has 0 spiro atoms. The van der Waals surface area contributed by atoms with Crippen molar-refractivity contribution in [3.05, 3.63) is 35.4 Å². The largest absolute Gasteiger partial charge is 0.342 e. The minimum Gasteiger partial charge on any atom is -0.342 e. The van der Waals surface area contributed by atoms with Crippen molar-refractivity contribution in [3.8, 4) is 0 Å². The molecular weight excluding hydrogens is 288 g/mol. The van der Waals surface area contributed by atoms with E-state index >= 15 is 0 Å². The van der Waals surface area contributed by atoms with Gasteiger partial charge in [-0.05, 0) is 49.4 Å². The lowest BCUT2D eigenvalue weighted by atomic mass is 9.86. The number of amides is 1. The maximum Gasteiger partial charge on any atom is 0.221 e. The Labute approximate surface area is 127 Å². The van der Waals surface area contributed by atoms with E-state index in [0.29, 0.717) is 18.8 Å². The van der Waals surface area contributed by atoms with Gasteiger partial charge in [-0.1, -0.05) is 24.3 Å². The van der Waals surface area contributed by atoms with Crippen LogP contribution in [0.3, 0.4) is 0 Å². The van der Waals surface area contributed by atoms with Gasteiger partial charge in [-0.15, -0.1) is 0 Å². The summed E-state index contributed by atoms with van der Waals surface area (Å²) in [5.41, 5.74) is 2.56. The lowest BCUT2D eigenvalue weighted by Crippen LogP contribution is -2.28. The lowest BCUT2D eigenvalue weighted by Gasteiger charge is -2.25. The molecule has 1 aromatic rings. The molecule has 5 nitrogen and oxygen atoms in total. The monoisotopic (exact) mass is 310 g/mol. The third kappa shape index (κ3) is 5.22. The predicted octanol–water partition coefficient (Wildman–Crippen LogP) is 1.38. The Morgan fingerprint density at radius 3 is 2.76 bits per heavy atom. The van der Waals surface area contributed by atoms with Crippen LogP contribution >= 0.6 is 0 Å². The normalized spacial score (nSPS) is 17.4. The zero-order chi connectivity index (χ0) is 15.1. The molecule has 1 atom stereocenters. The number of rotatable bonds is 6. The van der Waals surface area contributed by atoms with Crippen molar-refractivity contribution in [3.63, 3.8) is 0 Å². The first kappa shape index (κ1) is 16.1. The van der Waals surface area contributed by atoms with Crippen molar-refractivity contribution < 1.29 is 13.6 Å². The average Bonchev–Trinajstić information content (AvgIpc) is 2.52. The number of hydrogen-bond acceptors (Lipinski definition) is 3. The Morgan fingerprint density at radius 1 is 1.33 bits per heavy atom. The first-order chi connectivity index (χ1) is 10.2. The van der Waals surface area contributed by atoms with Gasteiger partial charge in [0.15, 0.2) is 11.1 Å². The topological polar surface area (TPSA) is 78.4 Å². The zero-order valence-corrected chi connectivity index (χ0v) is 12.8. The van der Waals surface area contributed by atoms with Gasteiger partial charge in [-0.2, -0.15) is 0 Å². The molecule has 1 aliphatic rings. The van der Waals surface area contributed by atoms with E-state index in [9.17, 15) is 9.00 Å². The highest BCUT2D eigenvalue weighted by atomic mass is 32.2. The summed E-state index contributed by atoms with van der Waals surface area (Å²) in [4.78, 5) is 11.6. The Balaban J connectivity index is 1.93. The maximum absolute atomic E-state index is 11.6. The van der Waals surface area contributed by atoms with Gasteiger partial charge in [0, 0.05) is 6.42 Å². The molecule has 1 fully saturated rings. The number of hydrogen-bond donors (Lipinski definition) is 3. The van der Waals surface area contributed by atoms with Gasteiger partial charge in [0.05, 0.1) is 0 Å². The van der Waals surface area contributed by atoms with Crippen LogP contribution in [0, 0.1) is 0 Å². The van der Waals surface area contributed by atoms with Gasteiger partial charge in [0.25, 0.3) is 0 Å². The van der Waals surface area contributed by atoms with Crippen molar-refractivity contribution in [2.24, 2.45) is 0 Å². The van der Waals surface area contributed by atoms with Crippen LogP contribution in [0.25, 0.3) is 0 Å². The van der Waals surface area contributed by atoms with Crippen LogP contribution in [0.2, 0.25) is 0 Å². The molecule has 1 heterocycles. The molecule has 3 N–H and O–H groups in total. The molecule has 1 amide bonds. The van der Waals surface area contributed by atoms with Crippen LogP contribution < -0.4 is 10.6 Å². The molecule has 1 unspecified atom stereocenters. The van der Waals surface area contributed by atoms with Crippen LogP contribution in [0.5, 0.6) is 0 Å². The van der Waals surface area contributed by atoms with Gasteiger partial charge in [-0.3, -0.25) is 4.79 Å². The SMILES string of the molecule is O=C(CCc1ccccc1C1CCNCC1)NCS(=O)O. The molecule has 0 aliphatic carbocycles. The van der Waals surface area contributed by atoms with Gasteiger partial charge in [-0.25, -0.2) is 4.21 Å². The standard InChI is InChI=1S/C15H22N2O3S/c18-15(17-11-21(19)20)6-5-12-3-1-2-4-14(12)13-7-9-16-10-8-13/h1-4,13,16H,5-11H2,(H,17,18)(H,19,20). The van der Waals surface area contributed by atoms with Crippen LogP contribution in [0.4, 0.5) is 0 Å². The third-order valence-corrected chi connectivity index (χ3v) is 4.24. The minimum atomic E-state index is -1.98. The molecule has 6 heteroatoms. The van der Waals surface area contributed by atoms with Crippen molar-refractivity contribution in [2.75, 3.05) is 19.0 Å². The predicted molar refractivity (Wildman–Crippen MR) is 83.4 cm³/mol. The summed E-state index contributed by atoms with van der Waals surface area (Å²) in [6.07, 6.45) is 3.28. The minimum absolute atomic E-state index is 0.183. The van der Waals surface area contributed by atoms with Crippen molar-refractivity contribution >= 4 is 17.0 Å². The smallest absolute Gasteiger partial charge is 0.221 e. The lowest BCUT2D eigenvalue weighted by molar-refractivity contribution is -0.120. The molecule has 116 valence electrons. The number of carbonyl (C=O) groups is 1. The Hall–Kier alpha value is -1.24. The molecule has 0 bridgehead atoms. The summed E-state index contributed by atoms with van der Waals surface area (Å²) in [5.74, 6) is 0.183. The third-order valence-electron chi connectivity index (χ3n) is 3.85. The van der Waals surface area contributed by atoms with E-state index in [1.54, 1.807) is 0 Å². The number of piperidine rings is 1. The Bertz CT molecular complexity index is 501. The van der Waals surface area contributed by atoms with E-state index in [0.717, 1.165) is 25.9 Å². The van der Waals surface area contributed by atoms with E-state index in [1.807, 2.05) is 6.07 Å². The molecular formula is C15H22N2O3S. The van der Waals surface area contributed by atoms with E-state index in [-0.39, 0.29) is 11.8 Å². The number of nitrogens with one attached hydrogen (secondary N) is 2. The second kappa shape index (κ2) is 8.26. The van der Waals surface area contributed by atoms with Gasteiger partial charge in [0.2, 0.25) is 5.91 Å². The van der Waals surface area contributed by atoms with Gasteiger partial charge >= 0.3 is 0 Å². The highest BCUT2D eigenvalue weighted by Crippen LogP contribution is 2.28. The van der Waals surface area contributed by atoms with E-state index in [4.69, 9.17) is 4.55 Å². The van der Waals surface area contributed by atoms with Crippen molar-refractivity contribution in [2.45, 2.75) is 31.6 Å². The maximum atomic E-state index is 11.6. The van der Waals surface area contributed by atoms with E-state index in [2.05, 4.69) is 28.8 Å². The van der Waals surface area contributed by atoms with Crippen LogP contribution in [-0.4, -0.2) is 33.6 Å². The molecule has 1 aliphatic heterocycles. The fraction of sp³-hybridized carbons (Fsp3) is 0.533. The molecule has 1 saturated heterocycles. The number of aryl methyl sites for hydroxylation is 1. The summed E-state index contributed by atoms with van der Waals surface area (Å²) in [6.45, 7) is 2.09. The number of benzene rings is 1. The summed E-state index contributed by atoms with van der Waals surface area (Å²) in [5, 5.41) is 5.82. The van der Waals surface area contributed by atoms with Gasteiger partial charge < -0.3 is 15.2 Å². The average molecular weight is 310 g/mol. The van der Waals surface area contributed by atoms with Crippen LogP contribution in [0.15, 0.2) is 24.3 Å². The molecule has 2 rings (SSSR count). The molecule has 0 saturated carbocycles. The quantitative estimate of drug-likeness (QED) is 0.694. The second-order valence-electron chi connectivity index (χ2n) is 5.29. The van der Waals surface area contributed by atoms with Crippen LogP contribution in [0.1, 0.15) is 36.3 Å². The molecule has 21 heavy (non-hydrogen) atoms. The summed E-state index contributed by atoms with van der Waals surface area (Å²) in [7, 11) is 0. The first-order valence-electron chi connectivity index (χ1n) is 7.29. The van der Waals surface area contributed by atoms with Gasteiger partial charge in [0.1, 0.15) is 5.88 Å². The van der Waals surface area contributed by atoms with Crippen molar-refractivity contribution in [1.82, 2.24) is 10.6 Å². The Kier molecular flexibility index (Phi) is 6.35. The molecule has 1 aromatic carbocycles. The highest BCUT2D eigenvalue weighted by Gasteiger charge is 2.18. The second-order valence-corrected chi connectivity index (χ2v) is 6.22. The van der Waals surface area contributed by atoms with E-state index < -0.39 is 11.1 Å². The van der Waals surface area contributed by atoms with Crippen molar-refractivity contribution in [1.29, 1.82) is 0 Å². The molecule has 0 radical (unpaired) electrons. The summed E-state index contributed by atoms with van der Waals surface area (Å²) >= 11 is -1.98. The van der Waals surface area contributed by atoms with Crippen LogP contribution in [-0.2, 0) is 22.3 Å². The fourth-order valence-corrected chi connectivity index (χ4v) is 3.06. The Morgan fingerprint density at radius 2 is 2.05 bits per heavy atom. The van der Waals surface area contributed by atoms with E-state index in [1.165, 1.54) is 11.1 Å². The fourth-order valence-electron chi connectivity index (χ4n) is 2.77. The number of carbonyl (C=O) groups excluding carboxylic acids is 1. The highest BCUT2D eigenvalue weighted by molar-refractivity contribution is 7.79. The first-order valence-corrected chi connectivity index (χ1v) is 8.57. The zero-order valence-electron chi connectivity index (χ0n) is 12.0. The summed E-state index contributed by atoms with van der Waals surface area (Å²) < 4.78 is 19.2. The molecule has 0 aromatic heterocycles. The summed E-state index contributed by atoms with van der Waals surface area (Å²) in [6, 6.07) is 8.29.